The number of benzene rings is 2. The van der Waals surface area contributed by atoms with Gasteiger partial charge in [0.15, 0.2) is 0 Å². The molecule has 1 amide bonds. The van der Waals surface area contributed by atoms with Crippen molar-refractivity contribution in [3.05, 3.63) is 65.5 Å². The van der Waals surface area contributed by atoms with Crippen LogP contribution in [-0.4, -0.2) is 5.91 Å². The maximum atomic E-state index is 13.3. The van der Waals surface area contributed by atoms with E-state index in [1.165, 1.54) is 12.1 Å². The van der Waals surface area contributed by atoms with Crippen molar-refractivity contribution in [3.8, 4) is 6.07 Å². The number of nitriles is 1. The molecule has 0 saturated carbocycles. The van der Waals surface area contributed by atoms with Gasteiger partial charge in [-0.2, -0.15) is 5.26 Å². The van der Waals surface area contributed by atoms with Gasteiger partial charge in [0.05, 0.1) is 23.7 Å². The van der Waals surface area contributed by atoms with E-state index < -0.39 is 5.82 Å². The number of hydrogen-bond donors (Lipinski definition) is 1. The highest BCUT2D eigenvalue weighted by Gasteiger charge is 2.07. The van der Waals surface area contributed by atoms with Crippen LogP contribution in [0.1, 0.15) is 11.1 Å². The number of nitrogens with zero attached hydrogens (tertiary/aromatic N) is 1. The second-order valence-corrected chi connectivity index (χ2v) is 4.01. The van der Waals surface area contributed by atoms with E-state index in [4.69, 9.17) is 5.26 Å². The van der Waals surface area contributed by atoms with E-state index in [0.717, 1.165) is 5.56 Å². The van der Waals surface area contributed by atoms with Crippen molar-refractivity contribution in [2.24, 2.45) is 0 Å². The Morgan fingerprint density at radius 3 is 2.47 bits per heavy atom. The molecule has 0 aromatic heterocycles. The zero-order valence-corrected chi connectivity index (χ0v) is 10.1. The molecule has 0 saturated heterocycles. The smallest absolute Gasteiger partial charge is 0.228 e. The van der Waals surface area contributed by atoms with E-state index in [-0.39, 0.29) is 18.0 Å². The van der Waals surface area contributed by atoms with Gasteiger partial charge in [0.1, 0.15) is 5.82 Å². The van der Waals surface area contributed by atoms with Gasteiger partial charge < -0.3 is 5.32 Å². The summed E-state index contributed by atoms with van der Waals surface area (Å²) in [6.45, 7) is 0. The molecule has 0 aliphatic heterocycles. The van der Waals surface area contributed by atoms with Gasteiger partial charge >= 0.3 is 0 Å². The third-order valence-electron chi connectivity index (χ3n) is 2.60. The topological polar surface area (TPSA) is 52.9 Å². The highest BCUT2D eigenvalue weighted by Crippen LogP contribution is 2.13. The van der Waals surface area contributed by atoms with Crippen molar-refractivity contribution in [3.63, 3.8) is 0 Å². The standard InChI is InChI=1S/C15H11FN2O/c16-13-3-1-2-4-14(13)18-15(19)9-11-5-7-12(10-17)8-6-11/h1-8H,9H2,(H,18,19). The monoisotopic (exact) mass is 254 g/mol. The van der Waals surface area contributed by atoms with Gasteiger partial charge in [-0.3, -0.25) is 4.79 Å². The SMILES string of the molecule is N#Cc1ccc(CC(=O)Nc2ccccc2F)cc1. The molecule has 2 rings (SSSR count). The number of rotatable bonds is 3. The van der Waals surface area contributed by atoms with Crippen molar-refractivity contribution in [2.75, 3.05) is 5.32 Å². The van der Waals surface area contributed by atoms with Crippen LogP contribution in [0.5, 0.6) is 0 Å². The first-order valence-corrected chi connectivity index (χ1v) is 5.72. The van der Waals surface area contributed by atoms with Crippen molar-refractivity contribution in [2.45, 2.75) is 6.42 Å². The fraction of sp³-hybridized carbons (Fsp3) is 0.0667. The van der Waals surface area contributed by atoms with Crippen LogP contribution in [-0.2, 0) is 11.2 Å². The number of hydrogen-bond acceptors (Lipinski definition) is 2. The van der Waals surface area contributed by atoms with E-state index in [0.29, 0.717) is 5.56 Å². The molecule has 0 atom stereocenters. The Labute approximate surface area is 110 Å². The van der Waals surface area contributed by atoms with Crippen LogP contribution in [0.4, 0.5) is 10.1 Å². The highest BCUT2D eigenvalue weighted by molar-refractivity contribution is 5.92. The molecule has 0 fully saturated rings. The summed E-state index contributed by atoms with van der Waals surface area (Å²) in [7, 11) is 0. The molecule has 0 heterocycles. The molecule has 0 bridgehead atoms. The second-order valence-electron chi connectivity index (χ2n) is 4.01. The molecule has 0 unspecified atom stereocenters. The first-order chi connectivity index (χ1) is 9.19. The van der Waals surface area contributed by atoms with E-state index in [2.05, 4.69) is 5.32 Å². The average molecular weight is 254 g/mol. The van der Waals surface area contributed by atoms with E-state index >= 15 is 0 Å². The molecule has 1 N–H and O–H groups in total. The lowest BCUT2D eigenvalue weighted by molar-refractivity contribution is -0.115. The predicted octanol–water partition coefficient (Wildman–Crippen LogP) is 2.88. The van der Waals surface area contributed by atoms with Crippen LogP contribution in [0.2, 0.25) is 0 Å². The predicted molar refractivity (Wildman–Crippen MR) is 69.9 cm³/mol. The molecule has 94 valence electrons. The van der Waals surface area contributed by atoms with E-state index in [9.17, 15) is 9.18 Å². The molecule has 0 spiro atoms. The molecule has 0 aliphatic rings. The lowest BCUT2D eigenvalue weighted by Gasteiger charge is -2.06. The maximum absolute atomic E-state index is 13.3. The molecule has 19 heavy (non-hydrogen) atoms. The molecular formula is C15H11FN2O. The van der Waals surface area contributed by atoms with Crippen LogP contribution in [0.25, 0.3) is 0 Å². The lowest BCUT2D eigenvalue weighted by atomic mass is 10.1. The number of anilines is 1. The van der Waals surface area contributed by atoms with Crippen molar-refractivity contribution >= 4 is 11.6 Å². The Balaban J connectivity index is 2.01. The molecule has 2 aromatic rings. The Morgan fingerprint density at radius 2 is 1.84 bits per heavy atom. The normalized spacial score (nSPS) is 9.68. The van der Waals surface area contributed by atoms with Crippen molar-refractivity contribution in [1.29, 1.82) is 5.26 Å². The van der Waals surface area contributed by atoms with Crippen LogP contribution in [0.3, 0.4) is 0 Å². The summed E-state index contributed by atoms with van der Waals surface area (Å²) in [5.41, 5.74) is 1.48. The number of para-hydroxylation sites is 1. The number of carbonyl (C=O) groups is 1. The summed E-state index contributed by atoms with van der Waals surface area (Å²) in [5.74, 6) is -0.759. The van der Waals surface area contributed by atoms with Crippen LogP contribution in [0.15, 0.2) is 48.5 Å². The fourth-order valence-corrected chi connectivity index (χ4v) is 1.64. The zero-order chi connectivity index (χ0) is 13.7. The third kappa shape index (κ3) is 3.39. The molecule has 2 aromatic carbocycles. The Kier molecular flexibility index (Phi) is 3.89. The van der Waals surface area contributed by atoms with Crippen LogP contribution < -0.4 is 5.32 Å². The fourth-order valence-electron chi connectivity index (χ4n) is 1.64. The van der Waals surface area contributed by atoms with Gasteiger partial charge in [-0.05, 0) is 29.8 Å². The zero-order valence-electron chi connectivity index (χ0n) is 10.1. The van der Waals surface area contributed by atoms with Crippen LogP contribution in [0, 0.1) is 17.1 Å². The number of nitrogens with one attached hydrogen (secondary N) is 1. The first kappa shape index (κ1) is 12.8. The average Bonchev–Trinajstić information content (AvgIpc) is 2.42. The van der Waals surface area contributed by atoms with Gasteiger partial charge in [-0.25, -0.2) is 4.39 Å². The van der Waals surface area contributed by atoms with E-state index in [1.807, 2.05) is 6.07 Å². The quantitative estimate of drug-likeness (QED) is 0.915. The maximum Gasteiger partial charge on any atom is 0.228 e. The van der Waals surface area contributed by atoms with E-state index in [1.54, 1.807) is 36.4 Å². The number of amides is 1. The number of halogens is 1. The van der Waals surface area contributed by atoms with Gasteiger partial charge in [-0.15, -0.1) is 0 Å². The minimum absolute atomic E-state index is 0.139. The highest BCUT2D eigenvalue weighted by atomic mass is 19.1. The van der Waals surface area contributed by atoms with Gasteiger partial charge in [-0.1, -0.05) is 24.3 Å². The first-order valence-electron chi connectivity index (χ1n) is 5.72. The number of carbonyl (C=O) groups excluding carboxylic acids is 1. The second kappa shape index (κ2) is 5.78. The third-order valence-corrected chi connectivity index (χ3v) is 2.60. The summed E-state index contributed by atoms with van der Waals surface area (Å²) in [6, 6.07) is 14.7. The van der Waals surface area contributed by atoms with Gasteiger partial charge in [0, 0.05) is 0 Å². The van der Waals surface area contributed by atoms with Crippen LogP contribution >= 0.6 is 0 Å². The van der Waals surface area contributed by atoms with Gasteiger partial charge in [0.2, 0.25) is 5.91 Å². The Hall–Kier alpha value is -2.67. The largest absolute Gasteiger partial charge is 0.323 e. The summed E-state index contributed by atoms with van der Waals surface area (Å²) < 4.78 is 13.3. The molecule has 0 aliphatic carbocycles. The molecule has 3 nitrogen and oxygen atoms in total. The molecule has 4 heteroatoms. The van der Waals surface area contributed by atoms with Crippen molar-refractivity contribution in [1.82, 2.24) is 0 Å². The molecular weight excluding hydrogens is 243 g/mol. The Morgan fingerprint density at radius 1 is 1.16 bits per heavy atom. The summed E-state index contributed by atoms with van der Waals surface area (Å²) in [6.07, 6.45) is 0.139. The van der Waals surface area contributed by atoms with Crippen molar-refractivity contribution < 1.29 is 9.18 Å². The summed E-state index contributed by atoms with van der Waals surface area (Å²) in [4.78, 5) is 11.7. The minimum Gasteiger partial charge on any atom is -0.323 e. The van der Waals surface area contributed by atoms with Gasteiger partial charge in [0.25, 0.3) is 0 Å². The Bertz CT molecular complexity index is 629. The summed E-state index contributed by atoms with van der Waals surface area (Å²) >= 11 is 0. The minimum atomic E-state index is -0.462. The summed E-state index contributed by atoms with van der Waals surface area (Å²) in [5, 5.41) is 11.2. The lowest BCUT2D eigenvalue weighted by Crippen LogP contribution is -2.15. The molecule has 0 radical (unpaired) electrons.